The summed E-state index contributed by atoms with van der Waals surface area (Å²) in [5.41, 5.74) is -0.239. The van der Waals surface area contributed by atoms with Crippen LogP contribution in [0.25, 0.3) is 0 Å². The van der Waals surface area contributed by atoms with Crippen molar-refractivity contribution in [3.8, 4) is 5.75 Å². The third-order valence-electron chi connectivity index (χ3n) is 1.30. The first kappa shape index (κ1) is 10.1. The maximum atomic E-state index is 11.5. The maximum absolute atomic E-state index is 11.5. The molecular weight excluding hydrogens is 186 g/mol. The number of thiophene rings is 1. The molecule has 4 heteroatoms. The second-order valence-corrected chi connectivity index (χ2v) is 4.78. The van der Waals surface area contributed by atoms with Gasteiger partial charge in [0.2, 0.25) is 0 Å². The minimum Gasteiger partial charge on any atom is -0.507 e. The van der Waals surface area contributed by atoms with E-state index in [4.69, 9.17) is 5.11 Å². The number of aromatic hydroxyl groups is 1. The second kappa shape index (κ2) is 3.38. The summed E-state index contributed by atoms with van der Waals surface area (Å²) in [5.74, 6) is 0.00172. The molecule has 0 unspecified atom stereocenters. The van der Waals surface area contributed by atoms with Gasteiger partial charge in [0.05, 0.1) is 4.88 Å². The molecule has 0 spiro atoms. The van der Waals surface area contributed by atoms with Gasteiger partial charge in [-0.3, -0.25) is 4.79 Å². The third kappa shape index (κ3) is 3.06. The predicted molar refractivity (Wildman–Crippen MR) is 53.2 cm³/mol. The Balaban J connectivity index is 2.70. The topological polar surface area (TPSA) is 49.3 Å². The smallest absolute Gasteiger partial charge is 0.261 e. The van der Waals surface area contributed by atoms with Crippen molar-refractivity contribution < 1.29 is 9.90 Å². The van der Waals surface area contributed by atoms with Gasteiger partial charge in [0, 0.05) is 17.0 Å². The van der Waals surface area contributed by atoms with Crippen molar-refractivity contribution in [1.29, 1.82) is 0 Å². The summed E-state index contributed by atoms with van der Waals surface area (Å²) in [4.78, 5) is 12.0. The molecule has 1 rings (SSSR count). The maximum Gasteiger partial charge on any atom is 0.261 e. The van der Waals surface area contributed by atoms with Gasteiger partial charge in [0.1, 0.15) is 5.75 Å². The van der Waals surface area contributed by atoms with Crippen molar-refractivity contribution in [3.63, 3.8) is 0 Å². The molecule has 0 fully saturated rings. The van der Waals surface area contributed by atoms with Crippen LogP contribution < -0.4 is 5.32 Å². The first-order valence-electron chi connectivity index (χ1n) is 3.98. The zero-order valence-corrected chi connectivity index (χ0v) is 8.73. The van der Waals surface area contributed by atoms with Gasteiger partial charge in [-0.25, -0.2) is 0 Å². The SMILES string of the molecule is CC(C)(C)NC(=O)c1cc(O)cs1. The first-order valence-corrected chi connectivity index (χ1v) is 4.86. The zero-order valence-electron chi connectivity index (χ0n) is 7.92. The molecule has 1 aromatic heterocycles. The number of hydrogen-bond donors (Lipinski definition) is 2. The Bertz CT molecular complexity index is 312. The van der Waals surface area contributed by atoms with Gasteiger partial charge in [-0.05, 0) is 20.8 Å². The van der Waals surface area contributed by atoms with Crippen molar-refractivity contribution in [3.05, 3.63) is 16.3 Å². The van der Waals surface area contributed by atoms with E-state index in [9.17, 15) is 4.79 Å². The lowest BCUT2D eigenvalue weighted by molar-refractivity contribution is 0.0923. The number of amides is 1. The molecule has 0 atom stereocenters. The Hall–Kier alpha value is -1.03. The number of carbonyl (C=O) groups excluding carboxylic acids is 1. The Labute approximate surface area is 81.4 Å². The molecule has 13 heavy (non-hydrogen) atoms. The highest BCUT2D eigenvalue weighted by molar-refractivity contribution is 7.12. The van der Waals surface area contributed by atoms with Gasteiger partial charge in [-0.1, -0.05) is 0 Å². The van der Waals surface area contributed by atoms with Crippen molar-refractivity contribution >= 4 is 17.2 Å². The number of nitrogens with one attached hydrogen (secondary N) is 1. The van der Waals surface area contributed by atoms with Crippen molar-refractivity contribution in [2.24, 2.45) is 0 Å². The quantitative estimate of drug-likeness (QED) is 0.726. The normalized spacial score (nSPS) is 11.3. The minimum atomic E-state index is -0.239. The minimum absolute atomic E-state index is 0.141. The van der Waals surface area contributed by atoms with E-state index >= 15 is 0 Å². The monoisotopic (exact) mass is 199 g/mol. The van der Waals surface area contributed by atoms with Crippen LogP contribution in [0, 0.1) is 0 Å². The number of hydrogen-bond acceptors (Lipinski definition) is 3. The number of rotatable bonds is 1. The fourth-order valence-electron chi connectivity index (χ4n) is 0.847. The van der Waals surface area contributed by atoms with Gasteiger partial charge < -0.3 is 10.4 Å². The van der Waals surface area contributed by atoms with Crippen LogP contribution in [0.15, 0.2) is 11.4 Å². The average Bonchev–Trinajstić information content (AvgIpc) is 2.31. The molecule has 2 N–H and O–H groups in total. The van der Waals surface area contributed by atoms with Crippen LogP contribution >= 0.6 is 11.3 Å². The molecule has 1 amide bonds. The number of carbonyl (C=O) groups is 1. The van der Waals surface area contributed by atoms with Gasteiger partial charge in [-0.2, -0.15) is 0 Å². The molecule has 0 saturated carbocycles. The summed E-state index contributed by atoms with van der Waals surface area (Å²) in [5, 5.41) is 13.4. The summed E-state index contributed by atoms with van der Waals surface area (Å²) >= 11 is 1.24. The highest BCUT2D eigenvalue weighted by Crippen LogP contribution is 2.20. The Morgan fingerprint density at radius 2 is 2.15 bits per heavy atom. The lowest BCUT2D eigenvalue weighted by atomic mass is 10.1. The van der Waals surface area contributed by atoms with E-state index < -0.39 is 0 Å². The Morgan fingerprint density at radius 3 is 2.54 bits per heavy atom. The van der Waals surface area contributed by atoms with E-state index in [-0.39, 0.29) is 17.2 Å². The Kier molecular flexibility index (Phi) is 2.61. The summed E-state index contributed by atoms with van der Waals surface area (Å²) in [6.07, 6.45) is 0. The second-order valence-electron chi connectivity index (χ2n) is 3.87. The molecule has 0 aliphatic heterocycles. The molecule has 0 saturated heterocycles. The summed E-state index contributed by atoms with van der Waals surface area (Å²) in [6.45, 7) is 5.75. The average molecular weight is 199 g/mol. The summed E-state index contributed by atoms with van der Waals surface area (Å²) in [7, 11) is 0. The summed E-state index contributed by atoms with van der Waals surface area (Å²) < 4.78 is 0. The van der Waals surface area contributed by atoms with Gasteiger partial charge in [-0.15, -0.1) is 11.3 Å². The van der Waals surface area contributed by atoms with Crippen LogP contribution in [0.1, 0.15) is 30.4 Å². The fourth-order valence-corrected chi connectivity index (χ4v) is 1.51. The van der Waals surface area contributed by atoms with E-state index in [1.165, 1.54) is 22.8 Å². The summed E-state index contributed by atoms with van der Waals surface area (Å²) in [6, 6.07) is 1.46. The molecule has 0 aliphatic carbocycles. The highest BCUT2D eigenvalue weighted by atomic mass is 32.1. The van der Waals surface area contributed by atoms with Crippen molar-refractivity contribution in [2.75, 3.05) is 0 Å². The lowest BCUT2D eigenvalue weighted by Gasteiger charge is -2.19. The van der Waals surface area contributed by atoms with E-state index in [2.05, 4.69) is 5.32 Å². The van der Waals surface area contributed by atoms with E-state index in [0.29, 0.717) is 4.88 Å². The fraction of sp³-hybridized carbons (Fsp3) is 0.444. The molecule has 0 radical (unpaired) electrons. The van der Waals surface area contributed by atoms with Crippen LogP contribution in [0.2, 0.25) is 0 Å². The lowest BCUT2D eigenvalue weighted by Crippen LogP contribution is -2.40. The highest BCUT2D eigenvalue weighted by Gasteiger charge is 2.16. The van der Waals surface area contributed by atoms with E-state index in [1.807, 2.05) is 20.8 Å². The van der Waals surface area contributed by atoms with Crippen LogP contribution in [0.3, 0.4) is 0 Å². The molecule has 0 aliphatic rings. The molecule has 72 valence electrons. The largest absolute Gasteiger partial charge is 0.507 e. The predicted octanol–water partition coefficient (Wildman–Crippen LogP) is 1.98. The van der Waals surface area contributed by atoms with Gasteiger partial charge in [0.15, 0.2) is 0 Å². The molecule has 0 aromatic carbocycles. The van der Waals surface area contributed by atoms with E-state index in [0.717, 1.165) is 0 Å². The first-order chi connectivity index (χ1) is 5.88. The van der Waals surface area contributed by atoms with Crippen molar-refractivity contribution in [1.82, 2.24) is 5.32 Å². The van der Waals surface area contributed by atoms with Gasteiger partial charge >= 0.3 is 0 Å². The van der Waals surface area contributed by atoms with E-state index in [1.54, 1.807) is 0 Å². The molecular formula is C9H13NO2S. The van der Waals surface area contributed by atoms with Gasteiger partial charge in [0.25, 0.3) is 5.91 Å². The van der Waals surface area contributed by atoms with Crippen LogP contribution in [0.5, 0.6) is 5.75 Å². The third-order valence-corrected chi connectivity index (χ3v) is 2.21. The molecule has 0 bridgehead atoms. The molecule has 1 aromatic rings. The zero-order chi connectivity index (χ0) is 10.1. The Morgan fingerprint density at radius 1 is 1.54 bits per heavy atom. The van der Waals surface area contributed by atoms with Crippen LogP contribution in [-0.4, -0.2) is 16.6 Å². The standard InChI is InChI=1S/C9H13NO2S/c1-9(2,3)10-8(12)7-4-6(11)5-13-7/h4-5,11H,1-3H3,(H,10,12). The van der Waals surface area contributed by atoms with Crippen molar-refractivity contribution in [2.45, 2.75) is 26.3 Å². The molecule has 1 heterocycles. The molecule has 3 nitrogen and oxygen atoms in total. The van der Waals surface area contributed by atoms with Crippen LogP contribution in [-0.2, 0) is 0 Å². The van der Waals surface area contributed by atoms with Crippen LogP contribution in [0.4, 0.5) is 0 Å².